The fourth-order valence-corrected chi connectivity index (χ4v) is 4.70. The molecule has 0 aromatic heterocycles. The van der Waals surface area contributed by atoms with Crippen molar-refractivity contribution in [3.05, 3.63) is 53.6 Å². The van der Waals surface area contributed by atoms with Crippen LogP contribution < -0.4 is 19.1 Å². The summed E-state index contributed by atoms with van der Waals surface area (Å²) in [5, 5.41) is 2.92. The number of nitrogens with zero attached hydrogens (tertiary/aromatic N) is 2. The fourth-order valence-electron chi connectivity index (χ4n) is 3.81. The molecular weight excluding hydrogens is 458 g/mol. The summed E-state index contributed by atoms with van der Waals surface area (Å²) in [5.74, 6) is 0.306. The van der Waals surface area contributed by atoms with Gasteiger partial charge in [0.15, 0.2) is 11.5 Å². The van der Waals surface area contributed by atoms with E-state index < -0.39 is 10.0 Å². The van der Waals surface area contributed by atoms with Crippen LogP contribution in [-0.2, 0) is 21.3 Å². The number of hydrogen-bond donors (Lipinski definition) is 1. The van der Waals surface area contributed by atoms with Crippen molar-refractivity contribution in [1.82, 2.24) is 10.2 Å². The Morgan fingerprint density at radius 2 is 1.74 bits per heavy atom. The van der Waals surface area contributed by atoms with Gasteiger partial charge in [-0.05, 0) is 24.6 Å². The minimum atomic E-state index is -3.72. The summed E-state index contributed by atoms with van der Waals surface area (Å²) in [6.45, 7) is 4.61. The quantitative estimate of drug-likeness (QED) is 0.481. The summed E-state index contributed by atoms with van der Waals surface area (Å²) < 4.78 is 43.0. The Balaban J connectivity index is 1.86. The van der Waals surface area contributed by atoms with Crippen molar-refractivity contribution < 1.29 is 27.4 Å². The lowest BCUT2D eigenvalue weighted by molar-refractivity contribution is 0.0374. The molecular formula is C24H33N3O6S. The number of methoxy groups -OCH3 is 2. The molecule has 0 unspecified atom stereocenters. The summed E-state index contributed by atoms with van der Waals surface area (Å²) in [6, 6.07) is 12.3. The van der Waals surface area contributed by atoms with Crippen molar-refractivity contribution in [1.29, 1.82) is 0 Å². The first-order valence-corrected chi connectivity index (χ1v) is 13.0. The maximum absolute atomic E-state index is 13.2. The highest BCUT2D eigenvalue weighted by molar-refractivity contribution is 7.92. The van der Waals surface area contributed by atoms with Gasteiger partial charge in [-0.3, -0.25) is 14.0 Å². The van der Waals surface area contributed by atoms with Gasteiger partial charge in [0, 0.05) is 25.7 Å². The predicted octanol–water partition coefficient (Wildman–Crippen LogP) is 2.12. The smallest absolute Gasteiger partial charge is 0.253 e. The number of carbonyl (C=O) groups excluding carboxylic acids is 1. The second kappa shape index (κ2) is 12.0. The highest BCUT2D eigenvalue weighted by atomic mass is 32.2. The molecule has 0 spiro atoms. The lowest BCUT2D eigenvalue weighted by atomic mass is 10.1. The molecule has 0 radical (unpaired) electrons. The van der Waals surface area contributed by atoms with E-state index in [4.69, 9.17) is 14.2 Å². The number of anilines is 1. The summed E-state index contributed by atoms with van der Waals surface area (Å²) in [4.78, 5) is 15.5. The van der Waals surface area contributed by atoms with Crippen LogP contribution in [0.15, 0.2) is 42.5 Å². The molecule has 0 bridgehead atoms. The van der Waals surface area contributed by atoms with E-state index in [1.54, 1.807) is 0 Å². The van der Waals surface area contributed by atoms with Crippen LogP contribution in [0.3, 0.4) is 0 Å². The molecule has 3 rings (SSSR count). The number of morpholine rings is 1. The Morgan fingerprint density at radius 1 is 1.09 bits per heavy atom. The van der Waals surface area contributed by atoms with Crippen LogP contribution in [0.25, 0.3) is 0 Å². The van der Waals surface area contributed by atoms with Gasteiger partial charge in [-0.1, -0.05) is 30.3 Å². The van der Waals surface area contributed by atoms with Gasteiger partial charge in [0.1, 0.15) is 0 Å². The van der Waals surface area contributed by atoms with Gasteiger partial charge < -0.3 is 19.5 Å². The first kappa shape index (κ1) is 25.8. The zero-order chi connectivity index (χ0) is 24.6. The Morgan fingerprint density at radius 3 is 2.35 bits per heavy atom. The summed E-state index contributed by atoms with van der Waals surface area (Å²) >= 11 is 0. The van der Waals surface area contributed by atoms with E-state index in [0.717, 1.165) is 51.1 Å². The number of sulfonamides is 1. The average Bonchev–Trinajstić information content (AvgIpc) is 2.85. The number of benzene rings is 2. The Bertz CT molecular complexity index is 1060. The number of nitrogens with one attached hydrogen (secondary N) is 1. The molecule has 2 aromatic carbocycles. The highest BCUT2D eigenvalue weighted by Gasteiger charge is 2.26. The van der Waals surface area contributed by atoms with Crippen molar-refractivity contribution in [2.75, 3.05) is 64.2 Å². The normalized spacial score (nSPS) is 14.4. The zero-order valence-corrected chi connectivity index (χ0v) is 20.8. The van der Waals surface area contributed by atoms with Crippen LogP contribution in [0.4, 0.5) is 5.69 Å². The van der Waals surface area contributed by atoms with Crippen molar-refractivity contribution in [3.8, 4) is 11.5 Å². The van der Waals surface area contributed by atoms with Gasteiger partial charge >= 0.3 is 0 Å². The molecule has 186 valence electrons. The number of hydrogen-bond acceptors (Lipinski definition) is 7. The van der Waals surface area contributed by atoms with E-state index in [1.165, 1.54) is 30.7 Å². The van der Waals surface area contributed by atoms with Gasteiger partial charge in [-0.2, -0.15) is 0 Å². The standard InChI is InChI=1S/C24H33N3O6S/c1-31-22-16-20(24(28)25-10-7-11-26-12-14-33-15-13-26)21(17-23(22)32-2)27(34(3,29)30)18-19-8-5-4-6-9-19/h4-6,8-9,16-17H,7,10-15,18H2,1-3H3,(H,25,28). The fraction of sp³-hybridized carbons (Fsp3) is 0.458. The molecule has 0 atom stereocenters. The van der Waals surface area contributed by atoms with Crippen molar-refractivity contribution in [3.63, 3.8) is 0 Å². The predicted molar refractivity (Wildman–Crippen MR) is 131 cm³/mol. The van der Waals surface area contributed by atoms with Crippen LogP contribution in [-0.4, -0.2) is 79.1 Å². The van der Waals surface area contributed by atoms with Crippen molar-refractivity contribution in [2.24, 2.45) is 0 Å². The van der Waals surface area contributed by atoms with Crippen molar-refractivity contribution >= 4 is 21.6 Å². The highest BCUT2D eigenvalue weighted by Crippen LogP contribution is 2.36. The summed E-state index contributed by atoms with van der Waals surface area (Å²) in [6.07, 6.45) is 1.89. The van der Waals surface area contributed by atoms with E-state index in [-0.39, 0.29) is 23.7 Å². The number of rotatable bonds is 11. The molecule has 1 fully saturated rings. The van der Waals surface area contributed by atoms with E-state index in [2.05, 4.69) is 10.2 Å². The minimum Gasteiger partial charge on any atom is -0.493 e. The maximum atomic E-state index is 13.2. The van der Waals surface area contributed by atoms with Crippen LogP contribution in [0.1, 0.15) is 22.3 Å². The van der Waals surface area contributed by atoms with Crippen molar-refractivity contribution in [2.45, 2.75) is 13.0 Å². The second-order valence-corrected chi connectivity index (χ2v) is 9.95. The molecule has 2 aromatic rings. The van der Waals surface area contributed by atoms with E-state index in [1.807, 2.05) is 30.3 Å². The molecule has 34 heavy (non-hydrogen) atoms. The molecule has 1 saturated heterocycles. The summed E-state index contributed by atoms with van der Waals surface area (Å²) in [7, 11) is -0.779. The maximum Gasteiger partial charge on any atom is 0.253 e. The molecule has 1 heterocycles. The van der Waals surface area contributed by atoms with E-state index in [9.17, 15) is 13.2 Å². The zero-order valence-electron chi connectivity index (χ0n) is 20.0. The Hall–Kier alpha value is -2.82. The molecule has 9 nitrogen and oxygen atoms in total. The largest absolute Gasteiger partial charge is 0.493 e. The first-order valence-electron chi connectivity index (χ1n) is 11.2. The molecule has 1 aliphatic rings. The SMILES string of the molecule is COc1cc(C(=O)NCCCN2CCOCC2)c(N(Cc2ccccc2)S(C)(=O)=O)cc1OC. The molecule has 1 N–H and O–H groups in total. The van der Waals surface area contributed by atoms with Gasteiger partial charge in [-0.15, -0.1) is 0 Å². The molecule has 1 amide bonds. The molecule has 1 aliphatic heterocycles. The van der Waals surface area contributed by atoms with Crippen LogP contribution in [0, 0.1) is 0 Å². The average molecular weight is 492 g/mol. The minimum absolute atomic E-state index is 0.0759. The monoisotopic (exact) mass is 491 g/mol. The van der Waals surface area contributed by atoms with Crippen LogP contribution >= 0.6 is 0 Å². The third-order valence-electron chi connectivity index (χ3n) is 5.62. The lowest BCUT2D eigenvalue weighted by Gasteiger charge is -2.27. The van der Waals surface area contributed by atoms with Gasteiger partial charge in [0.05, 0.1) is 51.5 Å². The van der Waals surface area contributed by atoms with Crippen LogP contribution in [0.2, 0.25) is 0 Å². The third-order valence-corrected chi connectivity index (χ3v) is 6.75. The Kier molecular flexibility index (Phi) is 9.14. The number of ether oxygens (including phenoxy) is 3. The third kappa shape index (κ3) is 6.85. The Labute approximate surface area is 201 Å². The van der Waals surface area contributed by atoms with E-state index in [0.29, 0.717) is 18.0 Å². The van der Waals surface area contributed by atoms with Crippen LogP contribution in [0.5, 0.6) is 11.5 Å². The number of carbonyl (C=O) groups is 1. The second-order valence-electron chi connectivity index (χ2n) is 8.04. The summed E-state index contributed by atoms with van der Waals surface area (Å²) in [5.41, 5.74) is 1.22. The van der Waals surface area contributed by atoms with E-state index >= 15 is 0 Å². The molecule has 0 aliphatic carbocycles. The molecule has 10 heteroatoms. The van der Waals surface area contributed by atoms with Gasteiger partial charge in [0.2, 0.25) is 10.0 Å². The first-order chi connectivity index (χ1) is 16.3. The topological polar surface area (TPSA) is 97.4 Å². The van der Waals surface area contributed by atoms with Gasteiger partial charge in [0.25, 0.3) is 5.91 Å². The molecule has 0 saturated carbocycles. The van der Waals surface area contributed by atoms with Gasteiger partial charge in [-0.25, -0.2) is 8.42 Å². The number of amides is 1. The lowest BCUT2D eigenvalue weighted by Crippen LogP contribution is -2.38.